The highest BCUT2D eigenvalue weighted by atomic mass is 35.5. The van der Waals surface area contributed by atoms with Crippen molar-refractivity contribution in [3.05, 3.63) is 48.2 Å². The number of carbonyl (C=O) groups is 1. The van der Waals surface area contributed by atoms with Crippen LogP contribution in [0.1, 0.15) is 51.5 Å². The summed E-state index contributed by atoms with van der Waals surface area (Å²) in [5, 5.41) is 10.7. The lowest BCUT2D eigenvalue weighted by Crippen LogP contribution is -2.40. The number of hydrazine groups is 1. The van der Waals surface area contributed by atoms with Crippen molar-refractivity contribution in [1.29, 1.82) is 0 Å². The quantitative estimate of drug-likeness (QED) is 0.422. The standard InChI is InChI=1S/C24H33N3O6S.ClH/c1-3-32-20-7-5-18(6-8-20)15-23(28)26-27(29)17-19-13-14-25-24(16-19)34(30,31)22-11-9-21(10-12-22)33-4-2;/h9-14,16,18,20,29H,3-8,15,17H2,1-2H3,(H,26,28);1H. The zero-order chi connectivity index (χ0) is 24.6. The molecule has 194 valence electrons. The van der Waals surface area contributed by atoms with Crippen LogP contribution in [0.15, 0.2) is 52.5 Å². The number of amides is 1. The molecule has 1 aromatic heterocycles. The summed E-state index contributed by atoms with van der Waals surface area (Å²) in [6.07, 6.45) is 5.68. The van der Waals surface area contributed by atoms with Gasteiger partial charge in [0, 0.05) is 19.2 Å². The number of benzene rings is 1. The Morgan fingerprint density at radius 1 is 1.11 bits per heavy atom. The molecule has 1 aliphatic rings. The third-order valence-corrected chi connectivity index (χ3v) is 7.44. The van der Waals surface area contributed by atoms with Crippen LogP contribution >= 0.6 is 12.4 Å². The molecule has 35 heavy (non-hydrogen) atoms. The molecule has 1 amide bonds. The first-order valence-corrected chi connectivity index (χ1v) is 13.1. The fourth-order valence-corrected chi connectivity index (χ4v) is 5.34. The molecule has 3 rings (SSSR count). The Bertz CT molecular complexity index is 1040. The van der Waals surface area contributed by atoms with Crippen LogP contribution in [-0.2, 0) is 25.9 Å². The summed E-state index contributed by atoms with van der Waals surface area (Å²) in [6, 6.07) is 9.09. The molecule has 9 nitrogen and oxygen atoms in total. The molecule has 2 N–H and O–H groups in total. The van der Waals surface area contributed by atoms with Gasteiger partial charge in [-0.2, -0.15) is 0 Å². The van der Waals surface area contributed by atoms with Crippen LogP contribution in [0.2, 0.25) is 0 Å². The number of pyridine rings is 1. The lowest BCUT2D eigenvalue weighted by atomic mass is 9.85. The SMILES string of the molecule is CCOc1ccc(S(=O)(=O)c2cc(CN(O)NC(=O)CC3CCC(OCC)CC3)ccn2)cc1.Cl. The van der Waals surface area contributed by atoms with E-state index in [4.69, 9.17) is 9.47 Å². The molecule has 0 spiro atoms. The minimum absolute atomic E-state index is 0. The van der Waals surface area contributed by atoms with Gasteiger partial charge in [0.15, 0.2) is 5.03 Å². The first-order valence-electron chi connectivity index (χ1n) is 11.6. The van der Waals surface area contributed by atoms with Crippen molar-refractivity contribution in [2.75, 3.05) is 13.2 Å². The summed E-state index contributed by atoms with van der Waals surface area (Å²) in [4.78, 5) is 16.4. The monoisotopic (exact) mass is 527 g/mol. The Balaban J connectivity index is 0.00000432. The number of hydrogen-bond acceptors (Lipinski definition) is 8. The smallest absolute Gasteiger partial charge is 0.236 e. The summed E-state index contributed by atoms with van der Waals surface area (Å²) in [5.74, 6) is 0.563. The molecule has 11 heteroatoms. The molecule has 2 aromatic rings. The topological polar surface area (TPSA) is 118 Å². The fraction of sp³-hybridized carbons (Fsp3) is 0.500. The van der Waals surface area contributed by atoms with Crippen LogP contribution < -0.4 is 10.2 Å². The number of halogens is 1. The van der Waals surface area contributed by atoms with E-state index in [2.05, 4.69) is 10.4 Å². The third kappa shape index (κ3) is 8.43. The first kappa shape index (κ1) is 29.0. The summed E-state index contributed by atoms with van der Waals surface area (Å²) < 4.78 is 36.9. The number of hydroxylamine groups is 1. The minimum atomic E-state index is -3.84. The molecule has 1 heterocycles. The molecule has 0 atom stereocenters. The van der Waals surface area contributed by atoms with Crippen LogP contribution in [0.5, 0.6) is 5.75 Å². The molecule has 0 radical (unpaired) electrons. The van der Waals surface area contributed by atoms with Gasteiger partial charge in [-0.1, -0.05) is 5.17 Å². The Morgan fingerprint density at radius 3 is 2.43 bits per heavy atom. The number of sulfone groups is 1. The van der Waals surface area contributed by atoms with E-state index in [0.29, 0.717) is 36.1 Å². The zero-order valence-corrected chi connectivity index (χ0v) is 21.7. The highest BCUT2D eigenvalue weighted by molar-refractivity contribution is 7.91. The van der Waals surface area contributed by atoms with Gasteiger partial charge in [-0.05, 0) is 87.4 Å². The van der Waals surface area contributed by atoms with Gasteiger partial charge < -0.3 is 9.47 Å². The van der Waals surface area contributed by atoms with Crippen LogP contribution in [0, 0.1) is 5.92 Å². The lowest BCUT2D eigenvalue weighted by molar-refractivity contribution is -0.166. The Labute approximate surface area is 213 Å². The van der Waals surface area contributed by atoms with Crippen LogP contribution in [0.3, 0.4) is 0 Å². The second-order valence-corrected chi connectivity index (χ2v) is 10.2. The second kappa shape index (κ2) is 13.7. The molecule has 1 aromatic carbocycles. The van der Waals surface area contributed by atoms with Crippen molar-refractivity contribution in [1.82, 2.24) is 15.6 Å². The number of aromatic nitrogens is 1. The van der Waals surface area contributed by atoms with Gasteiger partial charge in [-0.3, -0.25) is 15.4 Å². The van der Waals surface area contributed by atoms with E-state index < -0.39 is 9.84 Å². The Morgan fingerprint density at radius 2 is 1.80 bits per heavy atom. The van der Waals surface area contributed by atoms with Crippen molar-refractivity contribution in [3.63, 3.8) is 0 Å². The summed E-state index contributed by atoms with van der Waals surface area (Å²) in [7, 11) is -3.84. The number of nitrogens with zero attached hydrogens (tertiary/aromatic N) is 2. The zero-order valence-electron chi connectivity index (χ0n) is 20.1. The van der Waals surface area contributed by atoms with E-state index in [1.807, 2.05) is 13.8 Å². The van der Waals surface area contributed by atoms with Gasteiger partial charge in [0.05, 0.1) is 24.2 Å². The summed E-state index contributed by atoms with van der Waals surface area (Å²) >= 11 is 0. The van der Waals surface area contributed by atoms with E-state index in [-0.39, 0.29) is 46.8 Å². The van der Waals surface area contributed by atoms with Crippen LogP contribution in [0.4, 0.5) is 0 Å². The second-order valence-electron chi connectivity index (χ2n) is 8.31. The molecule has 1 saturated carbocycles. The van der Waals surface area contributed by atoms with Gasteiger partial charge in [0.1, 0.15) is 5.75 Å². The molecule has 1 fully saturated rings. The highest BCUT2D eigenvalue weighted by Gasteiger charge is 2.24. The number of rotatable bonds is 11. The van der Waals surface area contributed by atoms with Crippen molar-refractivity contribution in [3.8, 4) is 5.75 Å². The first-order chi connectivity index (χ1) is 16.3. The third-order valence-electron chi connectivity index (χ3n) is 5.78. The summed E-state index contributed by atoms with van der Waals surface area (Å²) in [5.41, 5.74) is 2.94. The van der Waals surface area contributed by atoms with Gasteiger partial charge in [0.25, 0.3) is 0 Å². The normalized spacial score (nSPS) is 18.1. The predicted molar refractivity (Wildman–Crippen MR) is 132 cm³/mol. The van der Waals surface area contributed by atoms with Crippen molar-refractivity contribution in [2.45, 2.75) is 68.5 Å². The molecule has 0 bridgehead atoms. The van der Waals surface area contributed by atoms with E-state index in [0.717, 1.165) is 25.7 Å². The molecule has 0 saturated heterocycles. The van der Waals surface area contributed by atoms with E-state index in [1.165, 1.54) is 24.4 Å². The van der Waals surface area contributed by atoms with E-state index >= 15 is 0 Å². The maximum Gasteiger partial charge on any atom is 0.236 e. The van der Waals surface area contributed by atoms with Gasteiger partial charge in [-0.25, -0.2) is 13.4 Å². The maximum absolute atomic E-state index is 12.9. The van der Waals surface area contributed by atoms with Crippen molar-refractivity contribution < 1.29 is 27.9 Å². The predicted octanol–water partition coefficient (Wildman–Crippen LogP) is 3.94. The van der Waals surface area contributed by atoms with E-state index in [1.54, 1.807) is 18.2 Å². The number of carbonyl (C=O) groups excluding carboxylic acids is 1. The van der Waals surface area contributed by atoms with Crippen LogP contribution in [0.25, 0.3) is 0 Å². The van der Waals surface area contributed by atoms with Gasteiger partial charge in [0.2, 0.25) is 15.7 Å². The lowest BCUT2D eigenvalue weighted by Gasteiger charge is -2.28. The number of nitrogens with one attached hydrogen (secondary N) is 1. The van der Waals surface area contributed by atoms with Gasteiger partial charge in [-0.15, -0.1) is 12.4 Å². The maximum atomic E-state index is 12.9. The highest BCUT2D eigenvalue weighted by Crippen LogP contribution is 2.28. The fourth-order valence-electron chi connectivity index (χ4n) is 4.10. The molecule has 1 aliphatic carbocycles. The molecular formula is C24H34ClN3O6S. The Kier molecular flexibility index (Phi) is 11.4. The average Bonchev–Trinajstić information content (AvgIpc) is 2.81. The number of ether oxygens (including phenoxy) is 2. The molecular weight excluding hydrogens is 494 g/mol. The van der Waals surface area contributed by atoms with Gasteiger partial charge >= 0.3 is 0 Å². The molecule has 0 aliphatic heterocycles. The van der Waals surface area contributed by atoms with Crippen molar-refractivity contribution in [2.24, 2.45) is 5.92 Å². The minimum Gasteiger partial charge on any atom is -0.494 e. The van der Waals surface area contributed by atoms with Crippen LogP contribution in [-0.4, -0.2) is 49.0 Å². The van der Waals surface area contributed by atoms with Crippen molar-refractivity contribution >= 4 is 28.2 Å². The van der Waals surface area contributed by atoms with E-state index in [9.17, 15) is 18.4 Å². The largest absolute Gasteiger partial charge is 0.494 e. The molecule has 0 unspecified atom stereocenters. The summed E-state index contributed by atoms with van der Waals surface area (Å²) in [6.45, 7) is 4.93. The number of hydrogen-bond donors (Lipinski definition) is 2. The average molecular weight is 528 g/mol. The Hall–Kier alpha value is -2.24.